The maximum absolute atomic E-state index is 12.9. The fourth-order valence-electron chi connectivity index (χ4n) is 3.38. The number of hydrogen-bond acceptors (Lipinski definition) is 3. The van der Waals surface area contributed by atoms with E-state index in [9.17, 15) is 4.79 Å². The topological polar surface area (TPSA) is 51.2 Å². The van der Waals surface area contributed by atoms with Crippen LogP contribution in [0.4, 0.5) is 0 Å². The third-order valence-corrected chi connectivity index (χ3v) is 4.61. The molecule has 0 aliphatic heterocycles. The third-order valence-electron chi connectivity index (χ3n) is 4.61. The number of benzene rings is 3. The average molecular weight is 356 g/mol. The largest absolute Gasteiger partial charge is 0.380 e. The Kier molecular flexibility index (Phi) is 4.81. The van der Waals surface area contributed by atoms with E-state index in [1.807, 2.05) is 60.7 Å². The van der Waals surface area contributed by atoms with E-state index in [1.54, 1.807) is 13.3 Å². The summed E-state index contributed by atoms with van der Waals surface area (Å²) in [6.45, 7) is 1.01. The summed E-state index contributed by atoms with van der Waals surface area (Å²) < 4.78 is 5.17. The average Bonchev–Trinajstić information content (AvgIpc) is 2.72. The lowest BCUT2D eigenvalue weighted by Crippen LogP contribution is -2.23. The molecule has 0 bridgehead atoms. The van der Waals surface area contributed by atoms with Gasteiger partial charge in [-0.1, -0.05) is 54.6 Å². The van der Waals surface area contributed by atoms with Gasteiger partial charge >= 0.3 is 0 Å². The monoisotopic (exact) mass is 356 g/mol. The summed E-state index contributed by atoms with van der Waals surface area (Å²) in [4.78, 5) is 17.4. The zero-order valence-electron chi connectivity index (χ0n) is 15.1. The van der Waals surface area contributed by atoms with Crippen LogP contribution < -0.4 is 5.32 Å². The van der Waals surface area contributed by atoms with Gasteiger partial charge in [0, 0.05) is 25.2 Å². The van der Waals surface area contributed by atoms with Gasteiger partial charge in [-0.2, -0.15) is 0 Å². The van der Waals surface area contributed by atoms with Crippen molar-refractivity contribution in [3.63, 3.8) is 0 Å². The molecule has 1 N–H and O–H groups in total. The fourth-order valence-corrected chi connectivity index (χ4v) is 3.38. The van der Waals surface area contributed by atoms with Crippen molar-refractivity contribution in [1.29, 1.82) is 0 Å². The Balaban J connectivity index is 1.65. The highest BCUT2D eigenvalue weighted by atomic mass is 16.5. The van der Waals surface area contributed by atoms with E-state index >= 15 is 0 Å². The molecule has 4 rings (SSSR count). The molecular weight excluding hydrogens is 336 g/mol. The quantitative estimate of drug-likeness (QED) is 0.537. The predicted octanol–water partition coefficient (Wildman–Crippen LogP) is 4.46. The molecule has 4 aromatic rings. The molecule has 0 radical (unpaired) electrons. The van der Waals surface area contributed by atoms with Gasteiger partial charge in [-0.15, -0.1) is 0 Å². The minimum atomic E-state index is -0.124. The third kappa shape index (κ3) is 3.52. The SMILES string of the molecule is COCc1cccc(CNC(=O)c2cc3ccccc3c3cccnc23)c1. The first kappa shape index (κ1) is 17.2. The predicted molar refractivity (Wildman–Crippen MR) is 108 cm³/mol. The first-order valence-corrected chi connectivity index (χ1v) is 8.87. The van der Waals surface area contributed by atoms with Crippen molar-refractivity contribution in [3.8, 4) is 0 Å². The smallest absolute Gasteiger partial charge is 0.253 e. The molecule has 134 valence electrons. The summed E-state index contributed by atoms with van der Waals surface area (Å²) >= 11 is 0. The number of hydrogen-bond donors (Lipinski definition) is 1. The maximum Gasteiger partial charge on any atom is 0.253 e. The lowest BCUT2D eigenvalue weighted by molar-refractivity contribution is 0.0952. The van der Waals surface area contributed by atoms with Crippen molar-refractivity contribution in [2.45, 2.75) is 13.2 Å². The molecule has 0 atom stereocenters. The van der Waals surface area contributed by atoms with Crippen LogP contribution in [0.3, 0.4) is 0 Å². The molecule has 1 aromatic heterocycles. The number of nitrogens with zero attached hydrogens (tertiary/aromatic N) is 1. The van der Waals surface area contributed by atoms with Crippen LogP contribution in [0.1, 0.15) is 21.5 Å². The Morgan fingerprint density at radius 1 is 0.963 bits per heavy atom. The molecular formula is C23H20N2O2. The molecule has 0 aliphatic rings. The molecule has 1 amide bonds. The Labute approximate surface area is 157 Å². The number of pyridine rings is 1. The molecule has 4 heteroatoms. The van der Waals surface area contributed by atoms with Crippen LogP contribution in [0.2, 0.25) is 0 Å². The summed E-state index contributed by atoms with van der Waals surface area (Å²) in [6, 6.07) is 21.9. The van der Waals surface area contributed by atoms with Gasteiger partial charge in [0.15, 0.2) is 0 Å². The Morgan fingerprint density at radius 3 is 2.67 bits per heavy atom. The number of aromatic nitrogens is 1. The van der Waals surface area contributed by atoms with Crippen molar-refractivity contribution in [3.05, 3.63) is 89.6 Å². The summed E-state index contributed by atoms with van der Waals surface area (Å²) in [6.07, 6.45) is 1.72. The van der Waals surface area contributed by atoms with Crippen molar-refractivity contribution in [2.24, 2.45) is 0 Å². The van der Waals surface area contributed by atoms with Gasteiger partial charge in [-0.05, 0) is 34.0 Å². The maximum atomic E-state index is 12.9. The Morgan fingerprint density at radius 2 is 1.78 bits per heavy atom. The van der Waals surface area contributed by atoms with Crippen molar-refractivity contribution in [1.82, 2.24) is 10.3 Å². The Bertz CT molecular complexity index is 1120. The summed E-state index contributed by atoms with van der Waals surface area (Å²) in [7, 11) is 1.67. The van der Waals surface area contributed by atoms with Crippen LogP contribution in [-0.2, 0) is 17.9 Å². The van der Waals surface area contributed by atoms with E-state index in [-0.39, 0.29) is 5.91 Å². The molecule has 0 spiro atoms. The van der Waals surface area contributed by atoms with E-state index in [4.69, 9.17) is 4.74 Å². The second-order valence-electron chi connectivity index (χ2n) is 6.48. The highest BCUT2D eigenvalue weighted by Crippen LogP contribution is 2.27. The number of carbonyl (C=O) groups excluding carboxylic acids is 1. The number of methoxy groups -OCH3 is 1. The second-order valence-corrected chi connectivity index (χ2v) is 6.48. The number of nitrogens with one attached hydrogen (secondary N) is 1. The first-order chi connectivity index (χ1) is 13.3. The molecule has 3 aromatic carbocycles. The highest BCUT2D eigenvalue weighted by Gasteiger charge is 2.14. The van der Waals surface area contributed by atoms with Gasteiger partial charge in [-0.3, -0.25) is 9.78 Å². The highest BCUT2D eigenvalue weighted by molar-refractivity contribution is 6.15. The molecule has 0 aliphatic carbocycles. The van der Waals surface area contributed by atoms with Gasteiger partial charge in [0.05, 0.1) is 17.7 Å². The number of ether oxygens (including phenoxy) is 1. The number of carbonyl (C=O) groups is 1. The van der Waals surface area contributed by atoms with Crippen molar-refractivity contribution >= 4 is 27.6 Å². The molecule has 0 fully saturated rings. The lowest BCUT2D eigenvalue weighted by Gasteiger charge is -2.11. The van der Waals surface area contributed by atoms with Gasteiger partial charge < -0.3 is 10.1 Å². The molecule has 0 unspecified atom stereocenters. The molecule has 27 heavy (non-hydrogen) atoms. The van der Waals surface area contributed by atoms with Crippen LogP contribution in [0.5, 0.6) is 0 Å². The van der Waals surface area contributed by atoms with Gasteiger partial charge in [0.25, 0.3) is 5.91 Å². The van der Waals surface area contributed by atoms with E-state index < -0.39 is 0 Å². The Hall–Kier alpha value is -3.24. The van der Waals surface area contributed by atoms with E-state index in [1.165, 1.54) is 0 Å². The zero-order chi connectivity index (χ0) is 18.6. The normalized spacial score (nSPS) is 11.0. The minimum Gasteiger partial charge on any atom is -0.380 e. The van der Waals surface area contributed by atoms with E-state index in [2.05, 4.69) is 16.4 Å². The number of fused-ring (bicyclic) bond motifs is 3. The van der Waals surface area contributed by atoms with Gasteiger partial charge in [0.2, 0.25) is 0 Å². The molecule has 4 nitrogen and oxygen atoms in total. The summed E-state index contributed by atoms with van der Waals surface area (Å²) in [5.74, 6) is -0.124. The van der Waals surface area contributed by atoms with Gasteiger partial charge in [-0.25, -0.2) is 0 Å². The number of rotatable bonds is 5. The molecule has 1 heterocycles. The van der Waals surface area contributed by atoms with E-state index in [0.29, 0.717) is 18.7 Å². The van der Waals surface area contributed by atoms with Crippen molar-refractivity contribution in [2.75, 3.05) is 7.11 Å². The van der Waals surface area contributed by atoms with Crippen LogP contribution in [-0.4, -0.2) is 18.0 Å². The standard InChI is InChI=1S/C23H20N2O2/c1-27-15-17-7-4-6-16(12-17)14-25-23(26)21-13-18-8-2-3-9-19(18)20-10-5-11-24-22(20)21/h2-13H,14-15H2,1H3,(H,25,26). The van der Waals surface area contributed by atoms with Crippen LogP contribution in [0.15, 0.2) is 72.9 Å². The molecule has 0 saturated carbocycles. The van der Waals surface area contributed by atoms with Crippen molar-refractivity contribution < 1.29 is 9.53 Å². The lowest BCUT2D eigenvalue weighted by atomic mass is 10.0. The zero-order valence-corrected chi connectivity index (χ0v) is 15.1. The number of amides is 1. The summed E-state index contributed by atoms with van der Waals surface area (Å²) in [5, 5.41) is 6.14. The van der Waals surface area contributed by atoms with E-state index in [0.717, 1.165) is 32.8 Å². The fraction of sp³-hybridized carbons (Fsp3) is 0.130. The minimum absolute atomic E-state index is 0.124. The van der Waals surface area contributed by atoms with Crippen LogP contribution in [0, 0.1) is 0 Å². The van der Waals surface area contributed by atoms with Crippen LogP contribution >= 0.6 is 0 Å². The van der Waals surface area contributed by atoms with Gasteiger partial charge in [0.1, 0.15) is 0 Å². The molecule has 0 saturated heterocycles. The summed E-state index contributed by atoms with van der Waals surface area (Å²) in [5.41, 5.74) is 3.44. The first-order valence-electron chi connectivity index (χ1n) is 8.87. The second kappa shape index (κ2) is 7.56. The van der Waals surface area contributed by atoms with Crippen LogP contribution in [0.25, 0.3) is 21.7 Å².